The van der Waals surface area contributed by atoms with E-state index in [1.54, 1.807) is 6.33 Å². The van der Waals surface area contributed by atoms with Gasteiger partial charge in [-0.25, -0.2) is 4.98 Å². The molecule has 1 aromatic rings. The van der Waals surface area contributed by atoms with Gasteiger partial charge in [0.1, 0.15) is 16.1 Å². The molecule has 1 fully saturated rings. The number of ether oxygens (including phenoxy) is 1. The molecule has 0 N–H and O–H groups in total. The molecule has 4 nitrogen and oxygen atoms in total. The minimum atomic E-state index is 0.195. The number of imidazole rings is 1. The maximum absolute atomic E-state index is 12.4. The van der Waals surface area contributed by atoms with Crippen molar-refractivity contribution in [2.24, 2.45) is 5.92 Å². The molecule has 0 saturated heterocycles. The van der Waals surface area contributed by atoms with Crippen LogP contribution in [-0.2, 0) is 11.5 Å². The smallest absolute Gasteiger partial charge is 0.185 e. The van der Waals surface area contributed by atoms with Gasteiger partial charge in [0, 0.05) is 12.5 Å². The second kappa shape index (κ2) is 5.95. The molecule has 0 radical (unpaired) electrons. The average Bonchev–Trinajstić information content (AvgIpc) is 2.95. The van der Waals surface area contributed by atoms with Gasteiger partial charge in [-0.15, -0.1) is 0 Å². The minimum Gasteiger partial charge on any atom is -0.361 e. The average molecular weight is 348 g/mol. The first-order chi connectivity index (χ1) is 8.24. The van der Waals surface area contributed by atoms with Crippen LogP contribution in [0.1, 0.15) is 43.1 Å². The lowest BCUT2D eigenvalue weighted by Crippen LogP contribution is -2.18. The molecule has 0 spiro atoms. The normalized spacial score (nSPS) is 16.6. The summed E-state index contributed by atoms with van der Waals surface area (Å²) in [5.74, 6) is 0.435. The molecular formula is C12H17IN2O2. The molecule has 0 aliphatic heterocycles. The first kappa shape index (κ1) is 13.0. The molecule has 5 heteroatoms. The number of nitrogens with zero attached hydrogens (tertiary/aromatic N) is 2. The highest BCUT2D eigenvalue weighted by molar-refractivity contribution is 14.1. The molecule has 1 aliphatic carbocycles. The van der Waals surface area contributed by atoms with Crippen LogP contribution in [0.3, 0.4) is 0 Å². The monoisotopic (exact) mass is 348 g/mol. The lowest BCUT2D eigenvalue weighted by Gasteiger charge is -2.11. The topological polar surface area (TPSA) is 44.1 Å². The summed E-state index contributed by atoms with van der Waals surface area (Å²) in [6.07, 6.45) is 6.09. The van der Waals surface area contributed by atoms with E-state index < -0.39 is 0 Å². The number of carbonyl (C=O) groups excluding carboxylic acids is 1. The van der Waals surface area contributed by atoms with Crippen LogP contribution < -0.4 is 0 Å². The van der Waals surface area contributed by atoms with E-state index in [2.05, 4.69) is 27.6 Å². The van der Waals surface area contributed by atoms with Crippen molar-refractivity contribution in [1.29, 1.82) is 0 Å². The summed E-state index contributed by atoms with van der Waals surface area (Å²) >= 11 is 2.13. The van der Waals surface area contributed by atoms with Crippen LogP contribution in [-0.4, -0.2) is 21.9 Å². The van der Waals surface area contributed by atoms with Crippen molar-refractivity contribution in [2.45, 2.75) is 39.3 Å². The molecule has 0 amide bonds. The molecule has 2 rings (SSSR count). The van der Waals surface area contributed by atoms with E-state index in [9.17, 15) is 4.79 Å². The zero-order valence-electron chi connectivity index (χ0n) is 9.99. The van der Waals surface area contributed by atoms with E-state index >= 15 is 0 Å². The Bertz CT molecular complexity index is 397. The first-order valence-electron chi connectivity index (χ1n) is 6.06. The summed E-state index contributed by atoms with van der Waals surface area (Å²) in [5.41, 5.74) is 0.728. The molecule has 1 aliphatic rings. The van der Waals surface area contributed by atoms with E-state index in [1.165, 1.54) is 12.8 Å². The Morgan fingerprint density at radius 1 is 1.59 bits per heavy atom. The Morgan fingerprint density at radius 3 is 2.94 bits per heavy atom. The van der Waals surface area contributed by atoms with Gasteiger partial charge < -0.3 is 9.30 Å². The Kier molecular flexibility index (Phi) is 4.55. The van der Waals surface area contributed by atoms with Gasteiger partial charge in [-0.3, -0.25) is 4.79 Å². The van der Waals surface area contributed by atoms with Gasteiger partial charge in [0.2, 0.25) is 0 Å². The minimum absolute atomic E-state index is 0.195. The number of carbonyl (C=O) groups is 1. The maximum atomic E-state index is 12.4. The van der Waals surface area contributed by atoms with E-state index in [0.717, 1.165) is 22.2 Å². The first-order valence-corrected chi connectivity index (χ1v) is 7.14. The summed E-state index contributed by atoms with van der Waals surface area (Å²) < 4.78 is 7.97. The summed E-state index contributed by atoms with van der Waals surface area (Å²) in [7, 11) is 0. The van der Waals surface area contributed by atoms with Gasteiger partial charge in [-0.2, -0.15) is 0 Å². The fourth-order valence-electron chi connectivity index (χ4n) is 2.27. The third-order valence-electron chi connectivity index (χ3n) is 3.19. The fourth-order valence-corrected chi connectivity index (χ4v) is 2.97. The van der Waals surface area contributed by atoms with Crippen molar-refractivity contribution in [2.75, 3.05) is 6.61 Å². The van der Waals surface area contributed by atoms with Gasteiger partial charge in [0.05, 0.1) is 6.33 Å². The van der Waals surface area contributed by atoms with Crippen LogP contribution in [0.15, 0.2) is 6.33 Å². The SMILES string of the molecule is CCOCn1cnc(I)c1C(=O)C1CCCC1. The Hall–Kier alpha value is -0.430. The summed E-state index contributed by atoms with van der Waals surface area (Å²) in [4.78, 5) is 16.6. The second-order valence-corrected chi connectivity index (χ2v) is 5.34. The summed E-state index contributed by atoms with van der Waals surface area (Å²) in [5, 5.41) is 0. The second-order valence-electron chi connectivity index (χ2n) is 4.32. The zero-order valence-corrected chi connectivity index (χ0v) is 12.1. The zero-order chi connectivity index (χ0) is 12.3. The number of aromatic nitrogens is 2. The molecule has 0 aromatic carbocycles. The number of halogens is 1. The molecule has 17 heavy (non-hydrogen) atoms. The molecule has 0 bridgehead atoms. The maximum Gasteiger partial charge on any atom is 0.185 e. The highest BCUT2D eigenvalue weighted by Crippen LogP contribution is 2.29. The van der Waals surface area contributed by atoms with Crippen molar-refractivity contribution in [3.63, 3.8) is 0 Å². The van der Waals surface area contributed by atoms with Crippen LogP contribution in [0, 0.1) is 9.62 Å². The number of ketones is 1. The van der Waals surface area contributed by atoms with E-state index in [1.807, 2.05) is 11.5 Å². The van der Waals surface area contributed by atoms with Crippen LogP contribution in [0.4, 0.5) is 0 Å². The van der Waals surface area contributed by atoms with Crippen molar-refractivity contribution < 1.29 is 9.53 Å². The molecule has 1 aromatic heterocycles. The van der Waals surface area contributed by atoms with Gasteiger partial charge in [-0.1, -0.05) is 12.8 Å². The van der Waals surface area contributed by atoms with Crippen LogP contribution in [0.5, 0.6) is 0 Å². The molecule has 1 saturated carbocycles. The highest BCUT2D eigenvalue weighted by atomic mass is 127. The van der Waals surface area contributed by atoms with Crippen LogP contribution in [0.2, 0.25) is 0 Å². The number of rotatable bonds is 5. The standard InChI is InChI=1S/C12H17IN2O2/c1-2-17-8-15-7-14-12(13)10(15)11(16)9-5-3-4-6-9/h7,9H,2-6,8H2,1H3. The Balaban J connectivity index is 2.17. The fraction of sp³-hybridized carbons (Fsp3) is 0.667. The number of hydrogen-bond acceptors (Lipinski definition) is 3. The van der Waals surface area contributed by atoms with Crippen molar-refractivity contribution >= 4 is 28.4 Å². The number of hydrogen-bond donors (Lipinski definition) is 0. The Morgan fingerprint density at radius 2 is 2.29 bits per heavy atom. The molecule has 94 valence electrons. The van der Waals surface area contributed by atoms with Crippen molar-refractivity contribution in [3.05, 3.63) is 15.7 Å². The van der Waals surface area contributed by atoms with Crippen molar-refractivity contribution in [3.8, 4) is 0 Å². The number of Topliss-reactive ketones (excluding diaryl/α,β-unsaturated/α-hetero) is 1. The quantitative estimate of drug-likeness (QED) is 0.607. The third kappa shape index (κ3) is 2.88. The molecule has 0 unspecified atom stereocenters. The lowest BCUT2D eigenvalue weighted by atomic mass is 10.0. The van der Waals surface area contributed by atoms with Gasteiger partial charge in [-0.05, 0) is 42.4 Å². The van der Waals surface area contributed by atoms with E-state index in [0.29, 0.717) is 13.3 Å². The van der Waals surface area contributed by atoms with Gasteiger partial charge in [0.25, 0.3) is 0 Å². The molecule has 1 heterocycles. The highest BCUT2D eigenvalue weighted by Gasteiger charge is 2.28. The molecule has 0 atom stereocenters. The summed E-state index contributed by atoms with van der Waals surface area (Å²) in [6, 6.07) is 0. The van der Waals surface area contributed by atoms with Gasteiger partial charge in [0.15, 0.2) is 5.78 Å². The lowest BCUT2D eigenvalue weighted by molar-refractivity contribution is 0.0779. The van der Waals surface area contributed by atoms with Crippen LogP contribution >= 0.6 is 22.6 Å². The largest absolute Gasteiger partial charge is 0.361 e. The summed E-state index contributed by atoms with van der Waals surface area (Å²) in [6.45, 7) is 3.01. The predicted octanol–water partition coefficient (Wildman–Crippen LogP) is 2.85. The third-order valence-corrected chi connectivity index (χ3v) is 3.98. The van der Waals surface area contributed by atoms with E-state index in [-0.39, 0.29) is 11.7 Å². The van der Waals surface area contributed by atoms with Gasteiger partial charge >= 0.3 is 0 Å². The Labute approximate surface area is 115 Å². The van der Waals surface area contributed by atoms with Crippen molar-refractivity contribution in [1.82, 2.24) is 9.55 Å². The van der Waals surface area contributed by atoms with E-state index in [4.69, 9.17) is 4.74 Å². The predicted molar refractivity (Wildman–Crippen MR) is 72.9 cm³/mol. The molecular weight excluding hydrogens is 331 g/mol. The van der Waals surface area contributed by atoms with Crippen LogP contribution in [0.25, 0.3) is 0 Å².